The number of fused-ring (bicyclic) bond motifs is 1. The molecule has 0 spiro atoms. The van der Waals surface area contributed by atoms with E-state index in [-0.39, 0.29) is 22.5 Å². The van der Waals surface area contributed by atoms with Crippen molar-refractivity contribution in [1.29, 1.82) is 0 Å². The number of nitrogens with zero attached hydrogens (tertiary/aromatic N) is 4. The van der Waals surface area contributed by atoms with Crippen LogP contribution in [0.15, 0.2) is 11.2 Å². The minimum absolute atomic E-state index is 0.0326. The molecule has 0 atom stereocenters. The molecule has 0 aliphatic carbocycles. The van der Waals surface area contributed by atoms with Crippen molar-refractivity contribution in [2.45, 2.75) is 0 Å². The van der Waals surface area contributed by atoms with Gasteiger partial charge in [-0.15, -0.1) is 10.2 Å². The Kier molecular flexibility index (Phi) is 3.18. The highest BCUT2D eigenvalue weighted by Gasteiger charge is 2.25. The van der Waals surface area contributed by atoms with Crippen LogP contribution < -0.4 is 10.2 Å². The number of halogens is 1. The second-order valence-corrected chi connectivity index (χ2v) is 4.33. The van der Waals surface area contributed by atoms with E-state index in [2.05, 4.69) is 20.7 Å². The van der Waals surface area contributed by atoms with Crippen LogP contribution >= 0.6 is 11.6 Å². The molecule has 2 aliphatic rings. The van der Waals surface area contributed by atoms with Gasteiger partial charge in [0.15, 0.2) is 5.15 Å². The average Bonchev–Trinajstić information content (AvgIpc) is 2.60. The molecule has 0 aromatic carbocycles. The largest absolute Gasteiger partial charge is 0.378 e. The molecule has 3 rings (SSSR count). The molecule has 1 saturated heterocycles. The topological polar surface area (TPSA) is 88.9 Å². The van der Waals surface area contributed by atoms with Crippen molar-refractivity contribution in [2.24, 2.45) is 5.16 Å². The predicted octanol–water partition coefficient (Wildman–Crippen LogP) is -0.145. The molecule has 1 N–H and O–H groups in total. The van der Waals surface area contributed by atoms with Gasteiger partial charge in [-0.2, -0.15) is 0 Å². The third-order valence-corrected chi connectivity index (χ3v) is 2.91. The van der Waals surface area contributed by atoms with Gasteiger partial charge in [0.2, 0.25) is 5.96 Å². The third-order valence-electron chi connectivity index (χ3n) is 2.73. The average molecular weight is 284 g/mol. The summed E-state index contributed by atoms with van der Waals surface area (Å²) in [5, 5.41) is 14.0. The van der Waals surface area contributed by atoms with Crippen LogP contribution in [-0.2, 0) is 4.74 Å². The van der Waals surface area contributed by atoms with Crippen LogP contribution in [0.1, 0.15) is 10.4 Å². The fourth-order valence-corrected chi connectivity index (χ4v) is 1.92. The minimum Gasteiger partial charge on any atom is -0.378 e. The Morgan fingerprint density at radius 3 is 2.89 bits per heavy atom. The number of aromatic nitrogens is 2. The van der Waals surface area contributed by atoms with Crippen molar-refractivity contribution >= 4 is 23.5 Å². The van der Waals surface area contributed by atoms with E-state index in [1.807, 2.05) is 4.90 Å². The molecule has 1 aromatic heterocycles. The summed E-state index contributed by atoms with van der Waals surface area (Å²) in [7, 11) is 0. The molecule has 9 heteroatoms. The predicted molar refractivity (Wildman–Crippen MR) is 65.0 cm³/mol. The van der Waals surface area contributed by atoms with Gasteiger partial charge in [-0.05, 0) is 11.2 Å². The quantitative estimate of drug-likeness (QED) is 0.713. The van der Waals surface area contributed by atoms with E-state index in [0.717, 1.165) is 0 Å². The summed E-state index contributed by atoms with van der Waals surface area (Å²) in [5.74, 6) is -0.0119. The highest BCUT2D eigenvalue weighted by molar-refractivity contribution is 6.29. The summed E-state index contributed by atoms with van der Waals surface area (Å²) >= 11 is 5.71. The molecule has 100 valence electrons. The van der Waals surface area contributed by atoms with Crippen LogP contribution in [0.25, 0.3) is 0 Å². The van der Waals surface area contributed by atoms with Gasteiger partial charge in [0.05, 0.1) is 13.2 Å². The van der Waals surface area contributed by atoms with E-state index in [1.165, 1.54) is 6.07 Å². The van der Waals surface area contributed by atoms with Crippen LogP contribution in [0, 0.1) is 0 Å². The molecule has 8 nitrogen and oxygen atoms in total. The zero-order valence-electron chi connectivity index (χ0n) is 9.80. The third kappa shape index (κ3) is 2.45. The number of rotatable bonds is 0. The van der Waals surface area contributed by atoms with E-state index in [4.69, 9.17) is 21.2 Å². The number of oxime groups is 1. The number of hydrogen-bond acceptors (Lipinski definition) is 7. The Hall–Kier alpha value is -1.93. The number of ether oxygens (including phenoxy) is 1. The smallest absolute Gasteiger partial charge is 0.280 e. The fourth-order valence-electron chi connectivity index (χ4n) is 1.78. The van der Waals surface area contributed by atoms with E-state index in [0.29, 0.717) is 32.3 Å². The molecule has 19 heavy (non-hydrogen) atoms. The lowest BCUT2D eigenvalue weighted by molar-refractivity contribution is 0.0646. The number of carbonyl (C=O) groups is 1. The summed E-state index contributed by atoms with van der Waals surface area (Å²) < 4.78 is 5.24. The molecule has 0 bridgehead atoms. The van der Waals surface area contributed by atoms with Crippen LogP contribution in [0.2, 0.25) is 5.15 Å². The number of guanidine groups is 1. The van der Waals surface area contributed by atoms with E-state index in [1.54, 1.807) is 0 Å². The maximum absolute atomic E-state index is 12.1. The van der Waals surface area contributed by atoms with Gasteiger partial charge in [0.1, 0.15) is 5.56 Å². The van der Waals surface area contributed by atoms with Crippen molar-refractivity contribution in [3.63, 3.8) is 0 Å². The first-order valence-electron chi connectivity index (χ1n) is 5.66. The lowest BCUT2D eigenvalue weighted by Crippen LogP contribution is -2.48. The highest BCUT2D eigenvalue weighted by Crippen LogP contribution is 2.19. The van der Waals surface area contributed by atoms with Gasteiger partial charge in [-0.1, -0.05) is 11.6 Å². The number of amides is 1. The van der Waals surface area contributed by atoms with Crippen molar-refractivity contribution < 1.29 is 14.4 Å². The van der Waals surface area contributed by atoms with Gasteiger partial charge in [-0.25, -0.2) is 0 Å². The number of carbonyl (C=O) groups excluding carboxylic acids is 1. The molecule has 3 heterocycles. The number of hydrogen-bond donors (Lipinski definition) is 1. The normalized spacial score (nSPS) is 18.9. The molecule has 1 amide bonds. The summed E-state index contributed by atoms with van der Waals surface area (Å²) in [6.07, 6.45) is 0. The Bertz CT molecular complexity index is 544. The summed E-state index contributed by atoms with van der Waals surface area (Å²) in [4.78, 5) is 19.0. The lowest BCUT2D eigenvalue weighted by atomic mass is 10.3. The molecule has 0 saturated carbocycles. The Morgan fingerprint density at radius 1 is 1.32 bits per heavy atom. The second-order valence-electron chi connectivity index (χ2n) is 3.95. The van der Waals surface area contributed by atoms with Crippen molar-refractivity contribution in [1.82, 2.24) is 20.4 Å². The van der Waals surface area contributed by atoms with E-state index in [9.17, 15) is 4.79 Å². The highest BCUT2D eigenvalue weighted by atomic mass is 35.5. The zero-order valence-corrected chi connectivity index (χ0v) is 10.6. The minimum atomic E-state index is -0.380. The van der Waals surface area contributed by atoms with Crippen LogP contribution in [0.3, 0.4) is 0 Å². The van der Waals surface area contributed by atoms with E-state index >= 15 is 0 Å². The first kappa shape index (κ1) is 12.1. The molecule has 1 fully saturated rings. The molecular formula is C10H10ClN5O3. The molecule has 2 aliphatic heterocycles. The second kappa shape index (κ2) is 4.98. The lowest BCUT2D eigenvalue weighted by Gasteiger charge is -2.28. The first-order chi connectivity index (χ1) is 9.24. The summed E-state index contributed by atoms with van der Waals surface area (Å²) in [6, 6.07) is 1.39. The monoisotopic (exact) mass is 283 g/mol. The van der Waals surface area contributed by atoms with Gasteiger partial charge in [0, 0.05) is 13.1 Å². The fraction of sp³-hybridized carbons (Fsp3) is 0.400. The molecule has 0 unspecified atom stereocenters. The summed E-state index contributed by atoms with van der Waals surface area (Å²) in [6.45, 7) is 2.41. The zero-order chi connectivity index (χ0) is 13.2. The maximum Gasteiger partial charge on any atom is 0.280 e. The van der Waals surface area contributed by atoms with E-state index < -0.39 is 0 Å². The standard InChI is InChI=1S/C10H10ClN5O3/c11-7-5-6-8(17)12-10(15-19-9(6)14-13-7)16-1-3-18-4-2-16/h5H,1-4H2,(H,12,15,17). The van der Waals surface area contributed by atoms with Crippen LogP contribution in [0.4, 0.5) is 0 Å². The Balaban J connectivity index is 1.86. The van der Waals surface area contributed by atoms with Crippen LogP contribution in [0.5, 0.6) is 5.88 Å². The maximum atomic E-state index is 12.1. The van der Waals surface area contributed by atoms with Crippen molar-refractivity contribution in [2.75, 3.05) is 26.3 Å². The number of morpholine rings is 1. The number of nitrogens with one attached hydrogen (secondary N) is 1. The first-order valence-corrected chi connectivity index (χ1v) is 6.04. The molecular weight excluding hydrogens is 274 g/mol. The molecule has 0 radical (unpaired) electrons. The van der Waals surface area contributed by atoms with Gasteiger partial charge >= 0.3 is 0 Å². The molecule has 1 aromatic rings. The van der Waals surface area contributed by atoms with Gasteiger partial charge < -0.3 is 14.5 Å². The van der Waals surface area contributed by atoms with Crippen LogP contribution in [-0.4, -0.2) is 53.3 Å². The van der Waals surface area contributed by atoms with Gasteiger partial charge in [-0.3, -0.25) is 10.1 Å². The van der Waals surface area contributed by atoms with Crippen molar-refractivity contribution in [3.05, 3.63) is 16.8 Å². The summed E-state index contributed by atoms with van der Waals surface area (Å²) in [5.41, 5.74) is 0.201. The van der Waals surface area contributed by atoms with Crippen molar-refractivity contribution in [3.8, 4) is 5.88 Å². The van der Waals surface area contributed by atoms with Gasteiger partial charge in [0.25, 0.3) is 11.8 Å². The Morgan fingerprint density at radius 2 is 2.11 bits per heavy atom. The SMILES string of the molecule is O=C1NC(N2CCOCC2)=NOc2nnc(Cl)cc21. The Labute approximate surface area is 113 Å².